The number of amides is 1. The van der Waals surface area contributed by atoms with E-state index in [1.54, 1.807) is 0 Å². The summed E-state index contributed by atoms with van der Waals surface area (Å²) >= 11 is 1.15. The number of aromatic nitrogens is 3. The molecule has 2 heterocycles. The molecule has 0 saturated carbocycles. The molecule has 0 atom stereocenters. The first kappa shape index (κ1) is 16.0. The molecule has 0 unspecified atom stereocenters. The van der Waals surface area contributed by atoms with Crippen molar-refractivity contribution < 1.29 is 14.1 Å². The van der Waals surface area contributed by atoms with Gasteiger partial charge in [0.1, 0.15) is 23.7 Å². The van der Waals surface area contributed by atoms with Crippen molar-refractivity contribution in [1.82, 2.24) is 14.8 Å². The SMILES string of the molecule is Cc1nn(CC(=O)Nc2nc3ccc(F)cc3s2)c(C)c1[N+](=O)[O-]. The molecule has 1 N–H and O–H groups in total. The van der Waals surface area contributed by atoms with Gasteiger partial charge in [0.2, 0.25) is 5.91 Å². The minimum Gasteiger partial charge on any atom is -0.300 e. The summed E-state index contributed by atoms with van der Waals surface area (Å²) in [7, 11) is 0. The molecule has 0 radical (unpaired) electrons. The molecule has 1 amide bonds. The van der Waals surface area contributed by atoms with Crippen LogP contribution >= 0.6 is 11.3 Å². The fraction of sp³-hybridized carbons (Fsp3) is 0.214. The van der Waals surface area contributed by atoms with E-state index in [1.165, 1.54) is 36.7 Å². The van der Waals surface area contributed by atoms with Gasteiger partial charge in [0, 0.05) is 0 Å². The van der Waals surface area contributed by atoms with Gasteiger partial charge in [-0.15, -0.1) is 0 Å². The Bertz CT molecular complexity index is 965. The maximum absolute atomic E-state index is 13.2. The van der Waals surface area contributed by atoms with Gasteiger partial charge in [-0.2, -0.15) is 5.10 Å². The van der Waals surface area contributed by atoms with Crippen molar-refractivity contribution in [3.63, 3.8) is 0 Å². The van der Waals surface area contributed by atoms with Crippen LogP contribution in [0.3, 0.4) is 0 Å². The Kier molecular flexibility index (Phi) is 3.97. The lowest BCUT2D eigenvalue weighted by Crippen LogP contribution is -2.20. The van der Waals surface area contributed by atoms with Crippen molar-refractivity contribution >= 4 is 38.3 Å². The number of halogens is 1. The van der Waals surface area contributed by atoms with Crippen LogP contribution in [0.2, 0.25) is 0 Å². The van der Waals surface area contributed by atoms with E-state index in [4.69, 9.17) is 0 Å². The first-order chi connectivity index (χ1) is 11.3. The van der Waals surface area contributed by atoms with Crippen LogP contribution in [-0.4, -0.2) is 25.6 Å². The summed E-state index contributed by atoms with van der Waals surface area (Å²) in [5.74, 6) is -0.797. The van der Waals surface area contributed by atoms with Crippen molar-refractivity contribution in [2.75, 3.05) is 5.32 Å². The van der Waals surface area contributed by atoms with E-state index in [1.807, 2.05) is 0 Å². The smallest absolute Gasteiger partial charge is 0.300 e. The number of nitro groups is 1. The second kappa shape index (κ2) is 5.96. The van der Waals surface area contributed by atoms with E-state index >= 15 is 0 Å². The molecule has 3 rings (SSSR count). The normalized spacial score (nSPS) is 11.0. The van der Waals surface area contributed by atoms with Gasteiger partial charge in [-0.05, 0) is 32.0 Å². The molecule has 3 aromatic rings. The fourth-order valence-electron chi connectivity index (χ4n) is 2.35. The van der Waals surface area contributed by atoms with Crippen molar-refractivity contribution in [2.24, 2.45) is 0 Å². The average Bonchev–Trinajstić information content (AvgIpc) is 2.98. The standard InChI is InChI=1S/C14H12FN5O3S/c1-7-13(20(22)23)8(2)19(18-7)6-12(21)17-14-16-10-4-3-9(15)5-11(10)24-14/h3-5H,6H2,1-2H3,(H,16,17,21). The van der Waals surface area contributed by atoms with E-state index < -0.39 is 10.8 Å². The van der Waals surface area contributed by atoms with Crippen LogP contribution in [-0.2, 0) is 11.3 Å². The first-order valence-electron chi connectivity index (χ1n) is 6.89. The molecule has 0 fully saturated rings. The van der Waals surface area contributed by atoms with Crippen LogP contribution in [0.5, 0.6) is 0 Å². The number of rotatable bonds is 4. The number of nitrogens with one attached hydrogen (secondary N) is 1. The molecule has 0 aliphatic carbocycles. The van der Waals surface area contributed by atoms with Crippen LogP contribution in [0.1, 0.15) is 11.4 Å². The molecular weight excluding hydrogens is 337 g/mol. The van der Waals surface area contributed by atoms with E-state index in [-0.39, 0.29) is 23.7 Å². The number of hydrogen-bond acceptors (Lipinski definition) is 6. The second-order valence-corrected chi connectivity index (χ2v) is 6.14. The lowest BCUT2D eigenvalue weighted by Gasteiger charge is -2.03. The Morgan fingerprint density at radius 2 is 2.21 bits per heavy atom. The van der Waals surface area contributed by atoms with Gasteiger partial charge < -0.3 is 5.32 Å². The highest BCUT2D eigenvalue weighted by Gasteiger charge is 2.23. The van der Waals surface area contributed by atoms with Crippen LogP contribution in [0.25, 0.3) is 10.2 Å². The molecule has 1 aromatic carbocycles. The molecule has 24 heavy (non-hydrogen) atoms. The number of fused-ring (bicyclic) bond motifs is 1. The van der Waals surface area contributed by atoms with Gasteiger partial charge in [0.25, 0.3) is 0 Å². The number of benzene rings is 1. The highest BCUT2D eigenvalue weighted by atomic mass is 32.1. The fourth-order valence-corrected chi connectivity index (χ4v) is 3.26. The predicted octanol–water partition coefficient (Wildman–Crippen LogP) is 2.80. The van der Waals surface area contributed by atoms with Crippen LogP contribution in [0.4, 0.5) is 15.2 Å². The van der Waals surface area contributed by atoms with Gasteiger partial charge >= 0.3 is 5.69 Å². The van der Waals surface area contributed by atoms with E-state index in [0.717, 1.165) is 11.3 Å². The molecule has 0 bridgehead atoms. The Morgan fingerprint density at radius 3 is 2.88 bits per heavy atom. The zero-order valence-corrected chi connectivity index (χ0v) is 13.6. The largest absolute Gasteiger partial charge is 0.312 e. The Balaban J connectivity index is 1.78. The highest BCUT2D eigenvalue weighted by Crippen LogP contribution is 2.26. The maximum Gasteiger partial charge on any atom is 0.312 e. The number of nitrogens with zero attached hydrogens (tertiary/aromatic N) is 4. The van der Waals surface area contributed by atoms with Crippen molar-refractivity contribution in [1.29, 1.82) is 0 Å². The minimum absolute atomic E-state index is 0.0988. The summed E-state index contributed by atoms with van der Waals surface area (Å²) in [5.41, 5.74) is 1.04. The molecular formula is C14H12FN5O3S. The van der Waals surface area contributed by atoms with Gasteiger partial charge in [0.15, 0.2) is 5.13 Å². The first-order valence-corrected chi connectivity index (χ1v) is 7.71. The van der Waals surface area contributed by atoms with Crippen molar-refractivity contribution in [3.05, 3.63) is 45.5 Å². The molecule has 0 aliphatic heterocycles. The topological polar surface area (TPSA) is 103 Å². The third-order valence-electron chi connectivity index (χ3n) is 3.42. The Hall–Kier alpha value is -2.88. The van der Waals surface area contributed by atoms with Gasteiger partial charge in [0.05, 0.1) is 15.1 Å². The third-order valence-corrected chi connectivity index (χ3v) is 4.35. The average molecular weight is 349 g/mol. The van der Waals surface area contributed by atoms with Crippen LogP contribution in [0.15, 0.2) is 18.2 Å². The summed E-state index contributed by atoms with van der Waals surface area (Å²) in [4.78, 5) is 26.8. The number of carbonyl (C=O) groups is 1. The minimum atomic E-state index is -0.520. The number of carbonyl (C=O) groups excluding carboxylic acids is 1. The van der Waals surface area contributed by atoms with Crippen molar-refractivity contribution in [2.45, 2.75) is 20.4 Å². The number of aryl methyl sites for hydroxylation is 1. The molecule has 0 saturated heterocycles. The number of thiazole rings is 1. The summed E-state index contributed by atoms with van der Waals surface area (Å²) < 4.78 is 15.1. The monoisotopic (exact) mass is 349 g/mol. The number of hydrogen-bond donors (Lipinski definition) is 1. The third kappa shape index (κ3) is 2.95. The quantitative estimate of drug-likeness (QED) is 0.576. The van der Waals surface area contributed by atoms with Gasteiger partial charge in [-0.1, -0.05) is 11.3 Å². The molecule has 8 nitrogen and oxygen atoms in total. The summed E-state index contributed by atoms with van der Waals surface area (Å²) in [6.45, 7) is 2.87. The van der Waals surface area contributed by atoms with E-state index in [9.17, 15) is 19.3 Å². The lowest BCUT2D eigenvalue weighted by molar-refractivity contribution is -0.386. The molecule has 10 heteroatoms. The highest BCUT2D eigenvalue weighted by molar-refractivity contribution is 7.22. The van der Waals surface area contributed by atoms with Crippen molar-refractivity contribution in [3.8, 4) is 0 Å². The summed E-state index contributed by atoms with van der Waals surface area (Å²) in [6.07, 6.45) is 0. The molecule has 124 valence electrons. The number of anilines is 1. The predicted molar refractivity (Wildman–Crippen MR) is 86.6 cm³/mol. The van der Waals surface area contributed by atoms with Gasteiger partial charge in [-0.3, -0.25) is 19.6 Å². The van der Waals surface area contributed by atoms with E-state index in [0.29, 0.717) is 21.0 Å². The zero-order chi connectivity index (χ0) is 17.4. The van der Waals surface area contributed by atoms with E-state index in [2.05, 4.69) is 15.4 Å². The lowest BCUT2D eigenvalue weighted by atomic mass is 10.3. The second-order valence-electron chi connectivity index (χ2n) is 5.11. The maximum atomic E-state index is 13.2. The molecule has 0 spiro atoms. The molecule has 2 aromatic heterocycles. The van der Waals surface area contributed by atoms with Crippen LogP contribution < -0.4 is 5.32 Å². The summed E-state index contributed by atoms with van der Waals surface area (Å²) in [6, 6.07) is 4.16. The Labute approximate surface area is 139 Å². The summed E-state index contributed by atoms with van der Waals surface area (Å²) in [5, 5.41) is 17.9. The Morgan fingerprint density at radius 1 is 1.46 bits per heavy atom. The van der Waals surface area contributed by atoms with Crippen LogP contribution in [0, 0.1) is 29.8 Å². The zero-order valence-electron chi connectivity index (χ0n) is 12.7. The van der Waals surface area contributed by atoms with Gasteiger partial charge in [-0.25, -0.2) is 9.37 Å². The molecule has 0 aliphatic rings.